The minimum atomic E-state index is -0.115. The number of rotatable bonds is 1. The van der Waals surface area contributed by atoms with E-state index in [-0.39, 0.29) is 11.7 Å². The Balaban J connectivity index is 0.000000924. The zero-order chi connectivity index (χ0) is 17.1. The molecule has 0 bridgehead atoms. The predicted octanol–water partition coefficient (Wildman–Crippen LogP) is 5.74. The minimum Gasteiger partial charge on any atom is -0.506 e. The lowest BCUT2D eigenvalue weighted by Crippen LogP contribution is -2.03. The highest BCUT2D eigenvalue weighted by atomic mass is 79.9. The van der Waals surface area contributed by atoms with Gasteiger partial charge in [-0.1, -0.05) is 25.5 Å². The van der Waals surface area contributed by atoms with Crippen LogP contribution >= 0.6 is 31.9 Å². The third-order valence-electron chi connectivity index (χ3n) is 3.31. The van der Waals surface area contributed by atoms with Crippen molar-refractivity contribution in [1.29, 1.82) is 0 Å². The van der Waals surface area contributed by atoms with Crippen molar-refractivity contribution < 1.29 is 9.90 Å². The maximum Gasteiger partial charge on any atom is 0.256 e. The molecule has 3 rings (SSSR count). The van der Waals surface area contributed by atoms with Gasteiger partial charge in [0.1, 0.15) is 5.75 Å². The van der Waals surface area contributed by atoms with E-state index in [0.717, 1.165) is 22.4 Å². The van der Waals surface area contributed by atoms with Gasteiger partial charge in [0.15, 0.2) is 0 Å². The van der Waals surface area contributed by atoms with Crippen molar-refractivity contribution in [2.24, 2.45) is 0 Å². The Labute approximate surface area is 152 Å². The van der Waals surface area contributed by atoms with Gasteiger partial charge in [-0.05, 0) is 74.7 Å². The first kappa shape index (κ1) is 17.8. The maximum atomic E-state index is 12.1. The fraction of sp³-hybridized carbons (Fsp3) is 0.167. The molecule has 0 aromatic heterocycles. The van der Waals surface area contributed by atoms with Crippen molar-refractivity contribution in [2.75, 3.05) is 5.32 Å². The molecular formula is C18H17Br2NO2. The van der Waals surface area contributed by atoms with Gasteiger partial charge in [-0.3, -0.25) is 4.79 Å². The number of aryl methyl sites for hydroxylation is 1. The summed E-state index contributed by atoms with van der Waals surface area (Å²) < 4.78 is 1.15. The fourth-order valence-electron chi connectivity index (χ4n) is 2.28. The zero-order valence-corrected chi connectivity index (χ0v) is 16.2. The molecule has 23 heavy (non-hydrogen) atoms. The van der Waals surface area contributed by atoms with Crippen LogP contribution in [0.1, 0.15) is 30.5 Å². The van der Waals surface area contributed by atoms with Crippen LogP contribution in [0.3, 0.4) is 0 Å². The molecule has 0 unspecified atom stereocenters. The molecule has 3 nitrogen and oxygen atoms in total. The number of fused-ring (bicyclic) bond motifs is 1. The van der Waals surface area contributed by atoms with Gasteiger partial charge in [-0.2, -0.15) is 0 Å². The van der Waals surface area contributed by atoms with E-state index in [2.05, 4.69) is 37.2 Å². The van der Waals surface area contributed by atoms with Crippen molar-refractivity contribution in [3.05, 3.63) is 56.0 Å². The quantitative estimate of drug-likeness (QED) is 0.557. The molecule has 0 fully saturated rings. The summed E-state index contributed by atoms with van der Waals surface area (Å²) in [5.41, 5.74) is 4.28. The van der Waals surface area contributed by atoms with Crippen molar-refractivity contribution >= 4 is 55.1 Å². The number of nitrogens with one attached hydrogen (secondary N) is 1. The summed E-state index contributed by atoms with van der Waals surface area (Å²) in [6.07, 6.45) is 1.82. The van der Waals surface area contributed by atoms with Crippen molar-refractivity contribution in [3.63, 3.8) is 0 Å². The van der Waals surface area contributed by atoms with Crippen LogP contribution in [0.15, 0.2) is 39.3 Å². The van der Waals surface area contributed by atoms with E-state index in [1.54, 1.807) is 12.1 Å². The normalized spacial score (nSPS) is 14.1. The first-order valence-electron chi connectivity index (χ1n) is 7.28. The summed E-state index contributed by atoms with van der Waals surface area (Å²) in [7, 11) is 0. The van der Waals surface area contributed by atoms with Gasteiger partial charge in [0.2, 0.25) is 0 Å². The largest absolute Gasteiger partial charge is 0.506 e. The topological polar surface area (TPSA) is 49.3 Å². The number of aromatic hydroxyl groups is 1. The van der Waals surface area contributed by atoms with Crippen LogP contribution in [0.4, 0.5) is 5.69 Å². The Morgan fingerprint density at radius 3 is 2.30 bits per heavy atom. The van der Waals surface area contributed by atoms with Crippen LogP contribution in [0.25, 0.3) is 11.6 Å². The van der Waals surface area contributed by atoms with E-state index in [0.29, 0.717) is 14.5 Å². The van der Waals surface area contributed by atoms with Gasteiger partial charge in [0.25, 0.3) is 5.91 Å². The first-order chi connectivity index (χ1) is 11.0. The van der Waals surface area contributed by atoms with Crippen molar-refractivity contribution in [3.8, 4) is 5.75 Å². The van der Waals surface area contributed by atoms with Crippen molar-refractivity contribution in [2.45, 2.75) is 20.8 Å². The van der Waals surface area contributed by atoms with E-state index >= 15 is 0 Å². The van der Waals surface area contributed by atoms with Crippen LogP contribution in [-0.2, 0) is 4.79 Å². The second-order valence-electron chi connectivity index (χ2n) is 4.89. The number of halogens is 2. The van der Waals surface area contributed by atoms with Gasteiger partial charge >= 0.3 is 0 Å². The summed E-state index contributed by atoms with van der Waals surface area (Å²) in [6.45, 7) is 5.99. The average Bonchev–Trinajstić information content (AvgIpc) is 2.82. The Morgan fingerprint density at radius 1 is 1.09 bits per heavy atom. The Morgan fingerprint density at radius 2 is 1.70 bits per heavy atom. The molecule has 0 saturated carbocycles. The molecule has 5 heteroatoms. The number of phenols is 1. The lowest BCUT2D eigenvalue weighted by Gasteiger charge is -2.04. The van der Waals surface area contributed by atoms with Crippen LogP contribution < -0.4 is 5.32 Å². The Kier molecular flexibility index (Phi) is 5.65. The molecule has 0 atom stereocenters. The standard InChI is InChI=1S/C16H11Br2NO2.C2H6/c1-8-2-3-14-10(4-8)11(16(21)19-14)5-9-6-12(17)15(20)13(18)7-9;1-2/h2-7,20H,1H3,(H,19,21);1-2H3/b11-5-;. The van der Waals surface area contributed by atoms with Crippen molar-refractivity contribution in [1.82, 2.24) is 0 Å². The molecule has 0 aliphatic carbocycles. The van der Waals surface area contributed by atoms with Gasteiger partial charge in [-0.25, -0.2) is 0 Å². The number of carbonyl (C=O) groups is 1. The lowest BCUT2D eigenvalue weighted by molar-refractivity contribution is -0.110. The predicted molar refractivity (Wildman–Crippen MR) is 103 cm³/mol. The molecular weight excluding hydrogens is 422 g/mol. The summed E-state index contributed by atoms with van der Waals surface area (Å²) >= 11 is 6.59. The highest BCUT2D eigenvalue weighted by Crippen LogP contribution is 2.37. The number of phenolic OH excluding ortho intramolecular Hbond substituents is 1. The van der Waals surface area contributed by atoms with Gasteiger partial charge in [0, 0.05) is 16.8 Å². The molecule has 1 amide bonds. The van der Waals surface area contributed by atoms with E-state index in [9.17, 15) is 9.90 Å². The molecule has 2 aromatic carbocycles. The van der Waals surface area contributed by atoms with E-state index in [1.165, 1.54) is 0 Å². The van der Waals surface area contributed by atoms with E-state index < -0.39 is 0 Å². The summed E-state index contributed by atoms with van der Waals surface area (Å²) in [6, 6.07) is 9.41. The average molecular weight is 439 g/mol. The summed E-state index contributed by atoms with van der Waals surface area (Å²) in [5.74, 6) is 0.0280. The molecule has 0 saturated heterocycles. The van der Waals surface area contributed by atoms with Crippen LogP contribution in [0, 0.1) is 6.92 Å². The number of benzene rings is 2. The number of hydrogen-bond donors (Lipinski definition) is 2. The SMILES string of the molecule is CC.Cc1ccc2c(c1)/C(=C/c1cc(Br)c(O)c(Br)c1)C(=O)N2. The zero-order valence-electron chi connectivity index (χ0n) is 13.1. The third-order valence-corrected chi connectivity index (χ3v) is 4.52. The second-order valence-corrected chi connectivity index (χ2v) is 6.60. The van der Waals surface area contributed by atoms with E-state index in [1.807, 2.05) is 45.0 Å². The molecule has 2 aromatic rings. The highest BCUT2D eigenvalue weighted by Gasteiger charge is 2.24. The van der Waals surface area contributed by atoms with Crippen LogP contribution in [0.2, 0.25) is 0 Å². The second kappa shape index (κ2) is 7.32. The smallest absolute Gasteiger partial charge is 0.256 e. The summed E-state index contributed by atoms with van der Waals surface area (Å²) in [4.78, 5) is 12.1. The number of anilines is 1. The van der Waals surface area contributed by atoms with Gasteiger partial charge in [0.05, 0.1) is 8.95 Å². The lowest BCUT2D eigenvalue weighted by atomic mass is 10.0. The molecule has 2 N–H and O–H groups in total. The summed E-state index contributed by atoms with van der Waals surface area (Å²) in [5, 5.41) is 12.6. The molecule has 0 spiro atoms. The minimum absolute atomic E-state index is 0.115. The van der Waals surface area contributed by atoms with E-state index in [4.69, 9.17) is 0 Å². The molecule has 0 radical (unpaired) electrons. The Hall–Kier alpha value is -1.59. The third kappa shape index (κ3) is 3.67. The highest BCUT2D eigenvalue weighted by molar-refractivity contribution is 9.11. The first-order valence-corrected chi connectivity index (χ1v) is 8.86. The monoisotopic (exact) mass is 437 g/mol. The molecule has 120 valence electrons. The van der Waals surface area contributed by atoms with Gasteiger partial charge in [-0.15, -0.1) is 0 Å². The molecule has 1 heterocycles. The number of hydrogen-bond acceptors (Lipinski definition) is 2. The van der Waals surface area contributed by atoms with Gasteiger partial charge < -0.3 is 10.4 Å². The fourth-order valence-corrected chi connectivity index (χ4v) is 3.50. The van der Waals surface area contributed by atoms with Crippen LogP contribution in [-0.4, -0.2) is 11.0 Å². The maximum absolute atomic E-state index is 12.1. The molecule has 1 aliphatic rings. The molecule has 1 aliphatic heterocycles. The number of carbonyl (C=O) groups excluding carboxylic acids is 1. The Bertz CT molecular complexity index is 775. The van der Waals surface area contributed by atoms with Crippen LogP contribution in [0.5, 0.6) is 5.75 Å². The number of amides is 1.